The van der Waals surface area contributed by atoms with Crippen LogP contribution in [0.5, 0.6) is 0 Å². The summed E-state index contributed by atoms with van der Waals surface area (Å²) >= 11 is 3.31. The molecule has 0 aromatic carbocycles. The number of amides is 1. The lowest BCUT2D eigenvalue weighted by Crippen LogP contribution is -2.22. The van der Waals surface area contributed by atoms with Gasteiger partial charge in [0.05, 0.1) is 11.6 Å². The number of fused-ring (bicyclic) bond motifs is 1. The lowest BCUT2D eigenvalue weighted by molar-refractivity contribution is -0.118. The van der Waals surface area contributed by atoms with E-state index in [-0.39, 0.29) is 11.8 Å². The summed E-state index contributed by atoms with van der Waals surface area (Å²) in [5.41, 5.74) is 0.730. The standard InChI is InChI=1S/C9H10BrN3O/c1-5-3-11-8-7(13-9(5)14)2-6(10)4-12-8/h2,4-5H,3H2,1H3,(H,11,12)(H,13,14). The maximum atomic E-state index is 11.5. The Morgan fingerprint density at radius 1 is 1.64 bits per heavy atom. The molecule has 1 aromatic heterocycles. The minimum Gasteiger partial charge on any atom is -0.368 e. The maximum Gasteiger partial charge on any atom is 0.229 e. The van der Waals surface area contributed by atoms with Crippen LogP contribution in [-0.2, 0) is 4.79 Å². The minimum atomic E-state index is -0.0389. The summed E-state index contributed by atoms with van der Waals surface area (Å²) in [5.74, 6) is 0.713. The van der Waals surface area contributed by atoms with Gasteiger partial charge < -0.3 is 10.6 Å². The monoisotopic (exact) mass is 255 g/mol. The van der Waals surface area contributed by atoms with E-state index < -0.39 is 0 Å². The van der Waals surface area contributed by atoms with E-state index in [9.17, 15) is 4.79 Å². The number of aromatic nitrogens is 1. The molecule has 1 atom stereocenters. The molecule has 5 heteroatoms. The average Bonchev–Trinajstić information content (AvgIpc) is 2.27. The Morgan fingerprint density at radius 3 is 3.21 bits per heavy atom. The summed E-state index contributed by atoms with van der Waals surface area (Å²) in [5, 5.41) is 5.94. The molecule has 1 unspecified atom stereocenters. The van der Waals surface area contributed by atoms with Crippen molar-refractivity contribution >= 4 is 33.3 Å². The van der Waals surface area contributed by atoms with Crippen LogP contribution >= 0.6 is 15.9 Å². The number of hydrogen-bond acceptors (Lipinski definition) is 3. The van der Waals surface area contributed by atoms with Gasteiger partial charge >= 0.3 is 0 Å². The fourth-order valence-electron chi connectivity index (χ4n) is 1.27. The van der Waals surface area contributed by atoms with E-state index >= 15 is 0 Å². The molecule has 1 aliphatic heterocycles. The highest BCUT2D eigenvalue weighted by Crippen LogP contribution is 2.25. The van der Waals surface area contributed by atoms with Gasteiger partial charge in [0.1, 0.15) is 5.82 Å². The van der Waals surface area contributed by atoms with Gasteiger partial charge in [0.25, 0.3) is 0 Å². The molecule has 0 aliphatic carbocycles. The van der Waals surface area contributed by atoms with Crippen LogP contribution in [0.4, 0.5) is 11.5 Å². The molecule has 2 N–H and O–H groups in total. The summed E-state index contributed by atoms with van der Waals surface area (Å²) in [6, 6.07) is 1.84. The van der Waals surface area contributed by atoms with Gasteiger partial charge in [-0.15, -0.1) is 0 Å². The van der Waals surface area contributed by atoms with E-state index in [0.29, 0.717) is 6.54 Å². The van der Waals surface area contributed by atoms with Crippen molar-refractivity contribution in [2.24, 2.45) is 5.92 Å². The van der Waals surface area contributed by atoms with Crippen LogP contribution in [0, 0.1) is 5.92 Å². The van der Waals surface area contributed by atoms with Crippen LogP contribution in [0.25, 0.3) is 0 Å². The van der Waals surface area contributed by atoms with Crippen molar-refractivity contribution in [1.29, 1.82) is 0 Å². The van der Waals surface area contributed by atoms with Gasteiger partial charge in [-0.3, -0.25) is 4.79 Å². The molecule has 0 saturated heterocycles. The van der Waals surface area contributed by atoms with Crippen molar-refractivity contribution in [3.05, 3.63) is 16.7 Å². The van der Waals surface area contributed by atoms with Crippen molar-refractivity contribution in [1.82, 2.24) is 4.98 Å². The summed E-state index contributed by atoms with van der Waals surface area (Å²) in [7, 11) is 0. The second-order valence-electron chi connectivity index (χ2n) is 3.32. The Bertz CT molecular complexity index is 380. The lowest BCUT2D eigenvalue weighted by atomic mass is 10.2. The zero-order valence-electron chi connectivity index (χ0n) is 7.67. The minimum absolute atomic E-state index is 0.0242. The van der Waals surface area contributed by atoms with E-state index in [1.165, 1.54) is 0 Å². The highest BCUT2D eigenvalue weighted by Gasteiger charge is 2.19. The molecule has 0 bridgehead atoms. The maximum absolute atomic E-state index is 11.5. The third-order valence-corrected chi connectivity index (χ3v) is 2.57. The van der Waals surface area contributed by atoms with E-state index in [1.807, 2.05) is 13.0 Å². The van der Waals surface area contributed by atoms with Crippen LogP contribution in [0.15, 0.2) is 16.7 Å². The van der Waals surface area contributed by atoms with Crippen LogP contribution < -0.4 is 10.6 Å². The molecule has 0 fully saturated rings. The fraction of sp³-hybridized carbons (Fsp3) is 0.333. The number of nitrogens with zero attached hydrogens (tertiary/aromatic N) is 1. The van der Waals surface area contributed by atoms with Crippen molar-refractivity contribution < 1.29 is 4.79 Å². The number of halogens is 1. The van der Waals surface area contributed by atoms with E-state index in [2.05, 4.69) is 31.5 Å². The first kappa shape index (κ1) is 9.45. The molecule has 1 aliphatic rings. The smallest absolute Gasteiger partial charge is 0.229 e. The molecule has 1 amide bonds. The molecular weight excluding hydrogens is 246 g/mol. The molecule has 14 heavy (non-hydrogen) atoms. The summed E-state index contributed by atoms with van der Waals surface area (Å²) in [6.45, 7) is 2.50. The average molecular weight is 256 g/mol. The van der Waals surface area contributed by atoms with Crippen LogP contribution in [-0.4, -0.2) is 17.4 Å². The van der Waals surface area contributed by atoms with Crippen LogP contribution in [0.2, 0.25) is 0 Å². The van der Waals surface area contributed by atoms with Gasteiger partial charge in [-0.2, -0.15) is 0 Å². The predicted molar refractivity (Wildman–Crippen MR) is 58.2 cm³/mol. The molecule has 74 valence electrons. The summed E-state index contributed by atoms with van der Waals surface area (Å²) < 4.78 is 0.855. The van der Waals surface area contributed by atoms with Gasteiger partial charge in [0.2, 0.25) is 5.91 Å². The van der Waals surface area contributed by atoms with Gasteiger partial charge in [-0.25, -0.2) is 4.98 Å². The number of hydrogen-bond donors (Lipinski definition) is 2. The van der Waals surface area contributed by atoms with Gasteiger partial charge in [0.15, 0.2) is 0 Å². The molecule has 0 radical (unpaired) electrons. The Labute approximate surface area is 90.2 Å². The Hall–Kier alpha value is -1.10. The molecule has 2 heterocycles. The Balaban J connectivity index is 2.38. The summed E-state index contributed by atoms with van der Waals surface area (Å²) in [6.07, 6.45) is 1.70. The van der Waals surface area contributed by atoms with E-state index in [0.717, 1.165) is 16.0 Å². The second-order valence-corrected chi connectivity index (χ2v) is 4.24. The highest BCUT2D eigenvalue weighted by molar-refractivity contribution is 9.10. The van der Waals surface area contributed by atoms with Crippen molar-refractivity contribution in [3.8, 4) is 0 Å². The number of rotatable bonds is 0. The Morgan fingerprint density at radius 2 is 2.43 bits per heavy atom. The first-order valence-electron chi connectivity index (χ1n) is 4.37. The molecular formula is C9H10BrN3O. The third-order valence-electron chi connectivity index (χ3n) is 2.14. The van der Waals surface area contributed by atoms with E-state index in [1.54, 1.807) is 6.20 Å². The van der Waals surface area contributed by atoms with E-state index in [4.69, 9.17) is 0 Å². The summed E-state index contributed by atoms with van der Waals surface area (Å²) in [4.78, 5) is 15.7. The first-order valence-corrected chi connectivity index (χ1v) is 5.16. The van der Waals surface area contributed by atoms with Gasteiger partial charge in [-0.05, 0) is 22.0 Å². The molecule has 2 rings (SSSR count). The number of pyridine rings is 1. The van der Waals surface area contributed by atoms with Gasteiger partial charge in [-0.1, -0.05) is 6.92 Å². The largest absolute Gasteiger partial charge is 0.368 e. The Kier molecular flexibility index (Phi) is 2.41. The topological polar surface area (TPSA) is 54.0 Å². The number of carbonyl (C=O) groups is 1. The highest BCUT2D eigenvalue weighted by atomic mass is 79.9. The predicted octanol–water partition coefficient (Wildman–Crippen LogP) is 1.84. The normalized spacial score (nSPS) is 20.4. The lowest BCUT2D eigenvalue weighted by Gasteiger charge is -2.05. The first-order chi connectivity index (χ1) is 6.66. The molecule has 1 aromatic rings. The number of nitrogens with one attached hydrogen (secondary N) is 2. The SMILES string of the molecule is CC1CNc2ncc(Br)cc2NC1=O. The van der Waals surface area contributed by atoms with Crippen LogP contribution in [0.1, 0.15) is 6.92 Å². The van der Waals surface area contributed by atoms with Crippen LogP contribution in [0.3, 0.4) is 0 Å². The van der Waals surface area contributed by atoms with Crippen molar-refractivity contribution in [2.75, 3.05) is 17.2 Å². The molecule has 0 spiro atoms. The fourth-order valence-corrected chi connectivity index (χ4v) is 1.61. The zero-order chi connectivity index (χ0) is 10.1. The van der Waals surface area contributed by atoms with Crippen molar-refractivity contribution in [2.45, 2.75) is 6.92 Å². The number of carbonyl (C=O) groups excluding carboxylic acids is 1. The van der Waals surface area contributed by atoms with Crippen molar-refractivity contribution in [3.63, 3.8) is 0 Å². The zero-order valence-corrected chi connectivity index (χ0v) is 9.26. The van der Waals surface area contributed by atoms with Gasteiger partial charge in [0, 0.05) is 17.2 Å². The second kappa shape index (κ2) is 3.57. The molecule has 0 saturated carbocycles. The quantitative estimate of drug-likeness (QED) is 0.744. The third kappa shape index (κ3) is 1.72. The number of anilines is 2. The molecule has 4 nitrogen and oxygen atoms in total.